The Kier molecular flexibility index (Phi) is 3.89. The molecule has 3 aromatic rings. The zero-order valence-electron chi connectivity index (χ0n) is 13.2. The molecular formula is C17H18N4O4. The van der Waals surface area contributed by atoms with Gasteiger partial charge in [-0.25, -0.2) is 4.98 Å². The lowest BCUT2D eigenvalue weighted by molar-refractivity contribution is -0.0508. The van der Waals surface area contributed by atoms with E-state index in [1.165, 1.54) is 0 Å². The van der Waals surface area contributed by atoms with Gasteiger partial charge >= 0.3 is 0 Å². The Bertz CT molecular complexity index is 898. The first-order chi connectivity index (χ1) is 12.1. The maximum atomic E-state index is 10.3. The highest BCUT2D eigenvalue weighted by Gasteiger charge is 2.44. The van der Waals surface area contributed by atoms with Crippen molar-refractivity contribution in [1.82, 2.24) is 14.5 Å². The van der Waals surface area contributed by atoms with Gasteiger partial charge in [0, 0.05) is 23.3 Å². The zero-order chi connectivity index (χ0) is 17.6. The number of benzene rings is 1. The molecule has 1 aliphatic heterocycles. The predicted octanol–water partition coefficient (Wildman–Crippen LogP) is 0.292. The molecule has 0 spiro atoms. The standard InChI is InChI=1S/C17H18N4O4/c18-17-19-6-10-11(9-4-2-1-3-5-9)7-21(15(10)20-17)16-14(24)13(23)12(8-22)25-16/h1-7,12-14,16,22-24H,8H2,(H2,18,19,20)/t12-,13+,14+,16+/m0/s1. The Balaban J connectivity index is 1.89. The number of nitrogen functional groups attached to an aromatic ring is 1. The summed E-state index contributed by atoms with van der Waals surface area (Å²) in [5.41, 5.74) is 8.02. The summed E-state index contributed by atoms with van der Waals surface area (Å²) in [6.45, 7) is -0.392. The van der Waals surface area contributed by atoms with E-state index >= 15 is 0 Å². The zero-order valence-corrected chi connectivity index (χ0v) is 13.2. The number of nitrogens with zero attached hydrogens (tertiary/aromatic N) is 3. The lowest BCUT2D eigenvalue weighted by Gasteiger charge is -2.17. The van der Waals surface area contributed by atoms with E-state index in [0.29, 0.717) is 5.65 Å². The fourth-order valence-electron chi connectivity index (χ4n) is 3.19. The van der Waals surface area contributed by atoms with Crippen molar-refractivity contribution < 1.29 is 20.1 Å². The van der Waals surface area contributed by atoms with Crippen LogP contribution >= 0.6 is 0 Å². The Morgan fingerprint density at radius 3 is 2.60 bits per heavy atom. The summed E-state index contributed by atoms with van der Waals surface area (Å²) in [6, 6.07) is 9.66. The van der Waals surface area contributed by atoms with Crippen molar-refractivity contribution in [2.45, 2.75) is 24.5 Å². The number of ether oxygens (including phenoxy) is 1. The van der Waals surface area contributed by atoms with E-state index in [0.717, 1.165) is 16.5 Å². The van der Waals surface area contributed by atoms with Gasteiger partial charge in [0.05, 0.1) is 6.61 Å². The quantitative estimate of drug-likeness (QED) is 0.539. The van der Waals surface area contributed by atoms with Crippen LogP contribution in [0.25, 0.3) is 22.2 Å². The van der Waals surface area contributed by atoms with Crippen molar-refractivity contribution in [3.05, 3.63) is 42.7 Å². The van der Waals surface area contributed by atoms with Gasteiger partial charge in [-0.2, -0.15) is 4.98 Å². The van der Waals surface area contributed by atoms with Crippen LogP contribution in [0.5, 0.6) is 0 Å². The first kappa shape index (κ1) is 16.0. The van der Waals surface area contributed by atoms with E-state index in [1.807, 2.05) is 30.3 Å². The summed E-state index contributed by atoms with van der Waals surface area (Å²) in [6.07, 6.45) is -0.732. The first-order valence-corrected chi connectivity index (χ1v) is 7.91. The lowest BCUT2D eigenvalue weighted by atomic mass is 10.1. The fraction of sp³-hybridized carbons (Fsp3) is 0.294. The fourth-order valence-corrected chi connectivity index (χ4v) is 3.19. The monoisotopic (exact) mass is 342 g/mol. The van der Waals surface area contributed by atoms with Gasteiger partial charge < -0.3 is 30.4 Å². The highest BCUT2D eigenvalue weighted by atomic mass is 16.6. The molecule has 8 heteroatoms. The average molecular weight is 342 g/mol. The van der Waals surface area contributed by atoms with E-state index < -0.39 is 31.1 Å². The summed E-state index contributed by atoms with van der Waals surface area (Å²) in [5.74, 6) is 0.0956. The third-order valence-corrected chi connectivity index (χ3v) is 4.47. The Hall–Kier alpha value is -2.52. The number of aromatic nitrogens is 3. The van der Waals surface area contributed by atoms with Gasteiger partial charge in [0.1, 0.15) is 24.0 Å². The van der Waals surface area contributed by atoms with Crippen LogP contribution in [0.3, 0.4) is 0 Å². The molecule has 0 aliphatic carbocycles. The molecule has 0 saturated carbocycles. The second kappa shape index (κ2) is 6.08. The van der Waals surface area contributed by atoms with Crippen LogP contribution in [0.15, 0.2) is 42.7 Å². The van der Waals surface area contributed by atoms with E-state index in [9.17, 15) is 15.3 Å². The van der Waals surface area contributed by atoms with Crippen LogP contribution in [0.4, 0.5) is 5.95 Å². The molecule has 2 aromatic heterocycles. The van der Waals surface area contributed by atoms with Crippen LogP contribution in [0.1, 0.15) is 6.23 Å². The van der Waals surface area contributed by atoms with Gasteiger partial charge in [0.15, 0.2) is 6.23 Å². The number of nitrogens with two attached hydrogens (primary N) is 1. The number of fused-ring (bicyclic) bond motifs is 1. The third-order valence-electron chi connectivity index (χ3n) is 4.47. The first-order valence-electron chi connectivity index (χ1n) is 7.91. The van der Waals surface area contributed by atoms with Crippen LogP contribution < -0.4 is 5.73 Å². The van der Waals surface area contributed by atoms with Crippen molar-refractivity contribution in [2.24, 2.45) is 0 Å². The number of hydrogen-bond donors (Lipinski definition) is 4. The van der Waals surface area contributed by atoms with Crippen molar-refractivity contribution in [3.63, 3.8) is 0 Å². The van der Waals surface area contributed by atoms with Gasteiger partial charge in [-0.15, -0.1) is 0 Å². The molecule has 3 heterocycles. The van der Waals surface area contributed by atoms with Crippen molar-refractivity contribution in [1.29, 1.82) is 0 Å². The molecule has 0 bridgehead atoms. The minimum absolute atomic E-state index is 0.0956. The summed E-state index contributed by atoms with van der Waals surface area (Å²) in [5, 5.41) is 30.4. The molecule has 130 valence electrons. The van der Waals surface area contributed by atoms with Gasteiger partial charge in [-0.05, 0) is 5.56 Å². The molecule has 8 nitrogen and oxygen atoms in total. The molecule has 1 saturated heterocycles. The average Bonchev–Trinajstić information content (AvgIpc) is 3.14. The topological polar surface area (TPSA) is 127 Å². The second-order valence-electron chi connectivity index (χ2n) is 6.01. The molecule has 5 N–H and O–H groups in total. The second-order valence-corrected chi connectivity index (χ2v) is 6.01. The van der Waals surface area contributed by atoms with Crippen LogP contribution in [0.2, 0.25) is 0 Å². The highest BCUT2D eigenvalue weighted by Crippen LogP contribution is 2.36. The van der Waals surface area contributed by atoms with Crippen LogP contribution in [-0.2, 0) is 4.74 Å². The Morgan fingerprint density at radius 1 is 1.16 bits per heavy atom. The molecule has 0 unspecified atom stereocenters. The van der Waals surface area contributed by atoms with Gasteiger partial charge in [0.2, 0.25) is 5.95 Å². The normalized spacial score (nSPS) is 26.4. The molecule has 25 heavy (non-hydrogen) atoms. The third kappa shape index (κ3) is 2.56. The minimum Gasteiger partial charge on any atom is -0.394 e. The SMILES string of the molecule is Nc1ncc2c(-c3ccccc3)cn([C@@H]3O[C@@H](CO)[C@@H](O)[C@H]3O)c2n1. The molecular weight excluding hydrogens is 324 g/mol. The Labute approximate surface area is 143 Å². The van der Waals surface area contributed by atoms with Crippen molar-refractivity contribution >= 4 is 17.0 Å². The number of hydrogen-bond acceptors (Lipinski definition) is 7. The summed E-state index contributed by atoms with van der Waals surface area (Å²) >= 11 is 0. The molecule has 1 aliphatic rings. The Morgan fingerprint density at radius 2 is 1.92 bits per heavy atom. The molecule has 1 aromatic carbocycles. The summed E-state index contributed by atoms with van der Waals surface area (Å²) < 4.78 is 7.25. The van der Waals surface area contributed by atoms with E-state index in [4.69, 9.17) is 10.5 Å². The van der Waals surface area contributed by atoms with E-state index in [-0.39, 0.29) is 5.95 Å². The van der Waals surface area contributed by atoms with Gasteiger partial charge in [-0.1, -0.05) is 30.3 Å². The minimum atomic E-state index is -1.20. The van der Waals surface area contributed by atoms with E-state index in [1.54, 1.807) is 17.0 Å². The van der Waals surface area contributed by atoms with Crippen molar-refractivity contribution in [2.75, 3.05) is 12.3 Å². The molecule has 0 radical (unpaired) electrons. The van der Waals surface area contributed by atoms with Gasteiger partial charge in [-0.3, -0.25) is 0 Å². The number of aliphatic hydroxyl groups is 3. The highest BCUT2D eigenvalue weighted by molar-refractivity contribution is 5.94. The van der Waals surface area contributed by atoms with Crippen LogP contribution in [0, 0.1) is 0 Å². The summed E-state index contributed by atoms with van der Waals surface area (Å²) in [7, 11) is 0. The maximum absolute atomic E-state index is 10.3. The smallest absolute Gasteiger partial charge is 0.221 e. The van der Waals surface area contributed by atoms with Crippen molar-refractivity contribution in [3.8, 4) is 11.1 Å². The maximum Gasteiger partial charge on any atom is 0.221 e. The van der Waals surface area contributed by atoms with Gasteiger partial charge in [0.25, 0.3) is 0 Å². The largest absolute Gasteiger partial charge is 0.394 e. The number of anilines is 1. The predicted molar refractivity (Wildman–Crippen MR) is 90.4 cm³/mol. The van der Waals surface area contributed by atoms with E-state index in [2.05, 4.69) is 9.97 Å². The summed E-state index contributed by atoms with van der Waals surface area (Å²) in [4.78, 5) is 8.33. The van der Waals surface area contributed by atoms with Crippen LogP contribution in [-0.4, -0.2) is 54.8 Å². The molecule has 4 atom stereocenters. The molecule has 0 amide bonds. The lowest BCUT2D eigenvalue weighted by Crippen LogP contribution is -2.33. The number of rotatable bonds is 3. The number of aliphatic hydroxyl groups excluding tert-OH is 3. The molecule has 1 fully saturated rings. The molecule has 4 rings (SSSR count).